The number of benzene rings is 2. The van der Waals surface area contributed by atoms with Gasteiger partial charge in [-0.05, 0) is 67.1 Å². The maximum absolute atomic E-state index is 12.4. The summed E-state index contributed by atoms with van der Waals surface area (Å²) in [7, 11) is 1.50. The van der Waals surface area contributed by atoms with E-state index in [0.717, 1.165) is 11.1 Å². The first kappa shape index (κ1) is 22.7. The topological polar surface area (TPSA) is 86.2 Å². The molecule has 0 unspecified atom stereocenters. The van der Waals surface area contributed by atoms with Gasteiger partial charge in [-0.3, -0.25) is 4.79 Å². The first-order valence-corrected chi connectivity index (χ1v) is 10.6. The van der Waals surface area contributed by atoms with Crippen molar-refractivity contribution in [1.29, 1.82) is 0 Å². The van der Waals surface area contributed by atoms with Gasteiger partial charge in [0, 0.05) is 5.02 Å². The van der Waals surface area contributed by atoms with Crippen molar-refractivity contribution in [1.82, 2.24) is 5.32 Å². The Morgan fingerprint density at radius 1 is 1.26 bits per heavy atom. The first-order valence-electron chi connectivity index (χ1n) is 9.42. The van der Waals surface area contributed by atoms with Crippen molar-refractivity contribution in [3.63, 3.8) is 0 Å². The van der Waals surface area contributed by atoms with Crippen molar-refractivity contribution >= 4 is 52.2 Å². The van der Waals surface area contributed by atoms with Crippen molar-refractivity contribution in [2.45, 2.75) is 13.8 Å². The SMILES string of the molecule is CCOC(=O)COc1ccc(/C=C2\SC(=Nc3cccc(Cl)c3C)NC2=O)cc1OC. The van der Waals surface area contributed by atoms with E-state index in [4.69, 9.17) is 25.8 Å². The van der Waals surface area contributed by atoms with E-state index in [1.54, 1.807) is 37.3 Å². The van der Waals surface area contributed by atoms with Crippen LogP contribution >= 0.6 is 23.4 Å². The Kier molecular flexibility index (Phi) is 7.59. The molecule has 1 aliphatic heterocycles. The number of methoxy groups -OCH3 is 1. The van der Waals surface area contributed by atoms with Crippen LogP contribution in [-0.4, -0.2) is 37.4 Å². The van der Waals surface area contributed by atoms with Crippen LogP contribution in [0.1, 0.15) is 18.1 Å². The predicted octanol–water partition coefficient (Wildman–Crippen LogP) is 4.49. The van der Waals surface area contributed by atoms with Crippen molar-refractivity contribution in [2.75, 3.05) is 20.3 Å². The molecular weight excluding hydrogens is 440 g/mol. The molecule has 3 rings (SSSR count). The molecule has 1 saturated heterocycles. The van der Waals surface area contributed by atoms with Crippen LogP contribution in [0.2, 0.25) is 5.02 Å². The number of aliphatic imine (C=N–C) groups is 1. The van der Waals surface area contributed by atoms with Crippen LogP contribution < -0.4 is 14.8 Å². The monoisotopic (exact) mass is 460 g/mol. The molecule has 1 aliphatic rings. The van der Waals surface area contributed by atoms with E-state index in [0.29, 0.717) is 32.3 Å². The molecular formula is C22H21ClN2O5S. The average Bonchev–Trinajstić information content (AvgIpc) is 3.09. The minimum absolute atomic E-state index is 0.217. The third-order valence-electron chi connectivity index (χ3n) is 4.25. The molecule has 1 amide bonds. The number of hydrogen-bond acceptors (Lipinski definition) is 7. The second kappa shape index (κ2) is 10.4. The molecule has 1 heterocycles. The van der Waals surface area contributed by atoms with Gasteiger partial charge in [0.05, 0.1) is 24.3 Å². The van der Waals surface area contributed by atoms with Crippen LogP contribution in [0.15, 0.2) is 46.3 Å². The number of halogens is 1. The summed E-state index contributed by atoms with van der Waals surface area (Å²) in [5, 5.41) is 3.85. The van der Waals surface area contributed by atoms with Crippen molar-refractivity contribution < 1.29 is 23.8 Å². The van der Waals surface area contributed by atoms with E-state index in [9.17, 15) is 9.59 Å². The van der Waals surface area contributed by atoms with Crippen LogP contribution in [0.5, 0.6) is 11.5 Å². The molecule has 0 spiro atoms. The second-order valence-corrected chi connectivity index (χ2v) is 7.81. The quantitative estimate of drug-likeness (QED) is 0.484. The highest BCUT2D eigenvalue weighted by Crippen LogP contribution is 2.33. The Labute approximate surface area is 189 Å². The number of nitrogens with one attached hydrogen (secondary N) is 1. The van der Waals surface area contributed by atoms with Crippen molar-refractivity contribution in [3.8, 4) is 11.5 Å². The smallest absolute Gasteiger partial charge is 0.344 e. The minimum Gasteiger partial charge on any atom is -0.493 e. The summed E-state index contributed by atoms with van der Waals surface area (Å²) in [6, 6.07) is 10.6. The lowest BCUT2D eigenvalue weighted by Crippen LogP contribution is -2.19. The number of esters is 1. The lowest BCUT2D eigenvalue weighted by Gasteiger charge is -2.11. The molecule has 7 nitrogen and oxygen atoms in total. The molecule has 0 aliphatic carbocycles. The molecule has 31 heavy (non-hydrogen) atoms. The van der Waals surface area contributed by atoms with E-state index in [1.165, 1.54) is 18.9 Å². The average molecular weight is 461 g/mol. The van der Waals surface area contributed by atoms with Crippen LogP contribution in [0, 0.1) is 6.92 Å². The van der Waals surface area contributed by atoms with Crippen LogP contribution in [0.4, 0.5) is 5.69 Å². The molecule has 0 saturated carbocycles. The third kappa shape index (κ3) is 5.80. The standard InChI is InChI=1S/C22H21ClN2O5S/c1-4-29-20(26)12-30-17-9-8-14(10-18(17)28-3)11-19-21(27)25-22(31-19)24-16-7-5-6-15(23)13(16)2/h5-11H,4,12H2,1-3H3,(H,24,25,27)/b19-11-. The molecule has 0 aromatic heterocycles. The number of rotatable bonds is 7. The summed E-state index contributed by atoms with van der Waals surface area (Å²) < 4.78 is 15.7. The highest BCUT2D eigenvalue weighted by atomic mass is 35.5. The van der Waals surface area contributed by atoms with E-state index in [-0.39, 0.29) is 19.1 Å². The Morgan fingerprint density at radius 2 is 2.06 bits per heavy atom. The highest BCUT2D eigenvalue weighted by Gasteiger charge is 2.24. The van der Waals surface area contributed by atoms with Gasteiger partial charge in [-0.1, -0.05) is 23.7 Å². The first-order chi connectivity index (χ1) is 14.9. The highest BCUT2D eigenvalue weighted by molar-refractivity contribution is 8.18. The molecule has 9 heteroatoms. The molecule has 0 radical (unpaired) electrons. The molecule has 1 N–H and O–H groups in total. The van der Waals surface area contributed by atoms with Gasteiger partial charge >= 0.3 is 5.97 Å². The fraction of sp³-hybridized carbons (Fsp3) is 0.227. The predicted molar refractivity (Wildman–Crippen MR) is 122 cm³/mol. The molecule has 2 aromatic carbocycles. The van der Waals surface area contributed by atoms with Gasteiger partial charge in [0.2, 0.25) is 0 Å². The summed E-state index contributed by atoms with van der Waals surface area (Å²) in [5.74, 6) is 0.131. The number of amidine groups is 1. The van der Waals surface area contributed by atoms with E-state index >= 15 is 0 Å². The van der Waals surface area contributed by atoms with Gasteiger partial charge in [0.15, 0.2) is 23.3 Å². The molecule has 2 aromatic rings. The number of nitrogens with zero attached hydrogens (tertiary/aromatic N) is 1. The maximum Gasteiger partial charge on any atom is 0.344 e. The molecule has 162 valence electrons. The summed E-state index contributed by atoms with van der Waals surface area (Å²) in [6.45, 7) is 3.67. The van der Waals surface area contributed by atoms with Gasteiger partial charge in [-0.2, -0.15) is 0 Å². The second-order valence-electron chi connectivity index (χ2n) is 6.37. The Balaban J connectivity index is 1.76. The van der Waals surface area contributed by atoms with Crippen LogP contribution in [0.25, 0.3) is 6.08 Å². The lowest BCUT2D eigenvalue weighted by atomic mass is 10.2. The largest absolute Gasteiger partial charge is 0.493 e. The van der Waals surface area contributed by atoms with Gasteiger partial charge in [-0.25, -0.2) is 9.79 Å². The number of amides is 1. The number of carbonyl (C=O) groups is 2. The molecule has 0 bridgehead atoms. The zero-order valence-corrected chi connectivity index (χ0v) is 18.8. The van der Waals surface area contributed by atoms with Crippen molar-refractivity contribution in [3.05, 3.63) is 57.5 Å². The number of ether oxygens (including phenoxy) is 3. The summed E-state index contributed by atoms with van der Waals surface area (Å²) in [5.41, 5.74) is 2.27. The normalized spacial score (nSPS) is 15.8. The van der Waals surface area contributed by atoms with Crippen LogP contribution in [-0.2, 0) is 14.3 Å². The number of carbonyl (C=O) groups excluding carboxylic acids is 2. The van der Waals surface area contributed by atoms with Gasteiger partial charge < -0.3 is 19.5 Å². The maximum atomic E-state index is 12.4. The van der Waals surface area contributed by atoms with Gasteiger partial charge in [0.1, 0.15) is 0 Å². The molecule has 1 fully saturated rings. The van der Waals surface area contributed by atoms with Crippen molar-refractivity contribution in [2.24, 2.45) is 4.99 Å². The van der Waals surface area contributed by atoms with Crippen LogP contribution in [0.3, 0.4) is 0 Å². The summed E-state index contributed by atoms with van der Waals surface area (Å²) >= 11 is 7.37. The minimum atomic E-state index is -0.462. The van der Waals surface area contributed by atoms with E-state index in [2.05, 4.69) is 10.3 Å². The number of hydrogen-bond donors (Lipinski definition) is 1. The zero-order chi connectivity index (χ0) is 22.4. The van der Waals surface area contributed by atoms with Gasteiger partial charge in [0.25, 0.3) is 5.91 Å². The lowest BCUT2D eigenvalue weighted by molar-refractivity contribution is -0.145. The fourth-order valence-corrected chi connectivity index (χ4v) is 3.70. The number of thioether (sulfide) groups is 1. The fourth-order valence-electron chi connectivity index (χ4n) is 2.69. The third-order valence-corrected chi connectivity index (χ3v) is 5.57. The van der Waals surface area contributed by atoms with E-state index in [1.807, 2.05) is 19.1 Å². The Hall–Kier alpha value is -2.97. The Morgan fingerprint density at radius 3 is 2.81 bits per heavy atom. The Bertz CT molecular complexity index is 1070. The van der Waals surface area contributed by atoms with Gasteiger partial charge in [-0.15, -0.1) is 0 Å². The molecule has 0 atom stereocenters. The zero-order valence-electron chi connectivity index (χ0n) is 17.2. The summed E-state index contributed by atoms with van der Waals surface area (Å²) in [6.07, 6.45) is 1.73. The van der Waals surface area contributed by atoms with E-state index < -0.39 is 5.97 Å². The summed E-state index contributed by atoms with van der Waals surface area (Å²) in [4.78, 5) is 28.8.